The molecule has 106 valence electrons. The number of hydrogen-bond donors (Lipinski definition) is 1. The third kappa shape index (κ3) is 3.58. The van der Waals surface area contributed by atoms with E-state index in [-0.39, 0.29) is 5.82 Å². The van der Waals surface area contributed by atoms with Crippen LogP contribution in [-0.2, 0) is 17.9 Å². The van der Waals surface area contributed by atoms with Crippen LogP contribution in [0.25, 0.3) is 0 Å². The number of anilines is 1. The largest absolute Gasteiger partial charge is 0.381 e. The number of nitrogens with one attached hydrogen (secondary N) is 1. The van der Waals surface area contributed by atoms with Crippen molar-refractivity contribution in [3.8, 4) is 0 Å². The van der Waals surface area contributed by atoms with Crippen LogP contribution in [0.1, 0.15) is 16.7 Å². The Bertz CT molecular complexity index is 601. The van der Waals surface area contributed by atoms with Crippen molar-refractivity contribution in [3.05, 3.63) is 63.4 Å². The third-order valence-electron chi connectivity index (χ3n) is 3.08. The van der Waals surface area contributed by atoms with Crippen LogP contribution in [0.5, 0.6) is 0 Å². The zero-order valence-corrected chi connectivity index (χ0v) is 13.1. The van der Waals surface area contributed by atoms with E-state index in [1.165, 1.54) is 6.07 Å². The standard InChI is InChI=1S/C16H17BrFNO/c1-11-6-7-15(18)12(8-11)9-19-16-5-3-4-14(17)13(16)10-20-2/h3-8,19H,9-10H2,1-2H3. The van der Waals surface area contributed by atoms with Crippen LogP contribution in [0.2, 0.25) is 0 Å². The average Bonchev–Trinajstić information content (AvgIpc) is 2.43. The molecule has 0 aromatic heterocycles. The van der Waals surface area contributed by atoms with E-state index in [4.69, 9.17) is 4.74 Å². The van der Waals surface area contributed by atoms with E-state index in [1.54, 1.807) is 13.2 Å². The number of halogens is 2. The highest BCUT2D eigenvalue weighted by Crippen LogP contribution is 2.26. The lowest BCUT2D eigenvalue weighted by Crippen LogP contribution is -2.05. The Balaban J connectivity index is 2.18. The number of benzene rings is 2. The van der Waals surface area contributed by atoms with E-state index >= 15 is 0 Å². The molecule has 0 bridgehead atoms. The Kier molecular flexibility index (Phi) is 5.15. The number of aryl methyl sites for hydroxylation is 1. The fourth-order valence-corrected chi connectivity index (χ4v) is 2.53. The molecule has 0 radical (unpaired) electrons. The Hall–Kier alpha value is -1.39. The van der Waals surface area contributed by atoms with Crippen LogP contribution in [0.15, 0.2) is 40.9 Å². The summed E-state index contributed by atoms with van der Waals surface area (Å²) in [5.41, 5.74) is 3.69. The quantitative estimate of drug-likeness (QED) is 0.856. The molecule has 0 spiro atoms. The first-order valence-corrected chi connectivity index (χ1v) is 7.16. The van der Waals surface area contributed by atoms with Gasteiger partial charge in [0.25, 0.3) is 0 Å². The summed E-state index contributed by atoms with van der Waals surface area (Å²) in [5, 5.41) is 3.27. The average molecular weight is 338 g/mol. The lowest BCUT2D eigenvalue weighted by atomic mass is 10.1. The van der Waals surface area contributed by atoms with Gasteiger partial charge in [-0.05, 0) is 25.1 Å². The summed E-state index contributed by atoms with van der Waals surface area (Å²) >= 11 is 3.51. The van der Waals surface area contributed by atoms with E-state index in [9.17, 15) is 4.39 Å². The lowest BCUT2D eigenvalue weighted by Gasteiger charge is -2.14. The van der Waals surface area contributed by atoms with Crippen molar-refractivity contribution in [1.82, 2.24) is 0 Å². The molecular weight excluding hydrogens is 321 g/mol. The predicted octanol–water partition coefficient (Wildman–Crippen LogP) is 4.66. The van der Waals surface area contributed by atoms with Gasteiger partial charge in [-0.25, -0.2) is 4.39 Å². The minimum atomic E-state index is -0.189. The minimum absolute atomic E-state index is 0.189. The van der Waals surface area contributed by atoms with Crippen LogP contribution in [0.4, 0.5) is 10.1 Å². The molecule has 2 rings (SSSR count). The third-order valence-corrected chi connectivity index (χ3v) is 3.82. The second-order valence-corrected chi connectivity index (χ2v) is 5.50. The van der Waals surface area contributed by atoms with Gasteiger partial charge < -0.3 is 10.1 Å². The fourth-order valence-electron chi connectivity index (χ4n) is 2.04. The van der Waals surface area contributed by atoms with Crippen molar-refractivity contribution < 1.29 is 9.13 Å². The number of methoxy groups -OCH3 is 1. The molecule has 20 heavy (non-hydrogen) atoms. The maximum absolute atomic E-state index is 13.7. The zero-order chi connectivity index (χ0) is 14.5. The molecule has 0 atom stereocenters. The molecule has 2 aromatic carbocycles. The van der Waals surface area contributed by atoms with Gasteiger partial charge in [0, 0.05) is 34.9 Å². The van der Waals surface area contributed by atoms with Gasteiger partial charge >= 0.3 is 0 Å². The summed E-state index contributed by atoms with van der Waals surface area (Å²) in [5.74, 6) is -0.189. The Morgan fingerprint density at radius 1 is 1.25 bits per heavy atom. The molecule has 0 saturated carbocycles. The van der Waals surface area contributed by atoms with E-state index < -0.39 is 0 Å². The summed E-state index contributed by atoms with van der Waals surface area (Å²) in [6.45, 7) is 2.90. The summed E-state index contributed by atoms with van der Waals surface area (Å²) in [7, 11) is 1.66. The van der Waals surface area contributed by atoms with Crippen LogP contribution in [-0.4, -0.2) is 7.11 Å². The molecule has 0 aliphatic rings. The van der Waals surface area contributed by atoms with Gasteiger partial charge in [-0.1, -0.05) is 39.7 Å². The van der Waals surface area contributed by atoms with Crippen molar-refractivity contribution in [2.75, 3.05) is 12.4 Å². The highest BCUT2D eigenvalue weighted by molar-refractivity contribution is 9.10. The molecule has 0 saturated heterocycles. The zero-order valence-electron chi connectivity index (χ0n) is 11.5. The summed E-state index contributed by atoms with van der Waals surface area (Å²) in [6.07, 6.45) is 0. The Morgan fingerprint density at radius 3 is 2.80 bits per heavy atom. The lowest BCUT2D eigenvalue weighted by molar-refractivity contribution is 0.185. The van der Waals surface area contributed by atoms with Crippen LogP contribution >= 0.6 is 15.9 Å². The second kappa shape index (κ2) is 6.86. The maximum atomic E-state index is 13.7. The highest BCUT2D eigenvalue weighted by atomic mass is 79.9. The Labute approximate surface area is 127 Å². The highest BCUT2D eigenvalue weighted by Gasteiger charge is 2.08. The van der Waals surface area contributed by atoms with E-state index in [2.05, 4.69) is 21.2 Å². The molecule has 0 amide bonds. The second-order valence-electron chi connectivity index (χ2n) is 4.65. The predicted molar refractivity (Wildman–Crippen MR) is 83.3 cm³/mol. The van der Waals surface area contributed by atoms with E-state index in [0.717, 1.165) is 21.3 Å². The van der Waals surface area contributed by atoms with Gasteiger partial charge in [-0.15, -0.1) is 0 Å². The van der Waals surface area contributed by atoms with Crippen LogP contribution < -0.4 is 5.32 Å². The van der Waals surface area contributed by atoms with Crippen molar-refractivity contribution in [3.63, 3.8) is 0 Å². The van der Waals surface area contributed by atoms with Gasteiger partial charge in [-0.2, -0.15) is 0 Å². The van der Waals surface area contributed by atoms with E-state index in [1.807, 2.05) is 31.2 Å². The molecule has 0 unspecified atom stereocenters. The molecule has 0 aliphatic carbocycles. The van der Waals surface area contributed by atoms with Gasteiger partial charge in [0.1, 0.15) is 5.82 Å². The number of ether oxygens (including phenoxy) is 1. The molecule has 1 N–H and O–H groups in total. The topological polar surface area (TPSA) is 21.3 Å². The fraction of sp³-hybridized carbons (Fsp3) is 0.250. The molecule has 0 aliphatic heterocycles. The summed E-state index contributed by atoms with van der Waals surface area (Å²) in [4.78, 5) is 0. The number of hydrogen-bond acceptors (Lipinski definition) is 2. The molecule has 2 nitrogen and oxygen atoms in total. The Morgan fingerprint density at radius 2 is 2.05 bits per heavy atom. The maximum Gasteiger partial charge on any atom is 0.128 e. The normalized spacial score (nSPS) is 10.6. The van der Waals surface area contributed by atoms with Gasteiger partial charge in [-0.3, -0.25) is 0 Å². The first-order chi connectivity index (χ1) is 9.61. The smallest absolute Gasteiger partial charge is 0.128 e. The minimum Gasteiger partial charge on any atom is -0.381 e. The monoisotopic (exact) mass is 337 g/mol. The molecule has 0 heterocycles. The van der Waals surface area contributed by atoms with Crippen LogP contribution in [0.3, 0.4) is 0 Å². The van der Waals surface area contributed by atoms with Crippen LogP contribution in [0, 0.1) is 12.7 Å². The van der Waals surface area contributed by atoms with Gasteiger partial charge in [0.05, 0.1) is 6.61 Å². The molecule has 0 fully saturated rings. The summed E-state index contributed by atoms with van der Waals surface area (Å²) < 4.78 is 19.9. The van der Waals surface area contributed by atoms with Gasteiger partial charge in [0.2, 0.25) is 0 Å². The van der Waals surface area contributed by atoms with E-state index in [0.29, 0.717) is 18.7 Å². The van der Waals surface area contributed by atoms with Gasteiger partial charge in [0.15, 0.2) is 0 Å². The first kappa shape index (κ1) is 15.0. The van der Waals surface area contributed by atoms with Crippen molar-refractivity contribution in [2.45, 2.75) is 20.1 Å². The first-order valence-electron chi connectivity index (χ1n) is 6.37. The molecular formula is C16H17BrFNO. The molecule has 2 aromatic rings. The van der Waals surface area contributed by atoms with Crippen molar-refractivity contribution in [2.24, 2.45) is 0 Å². The number of rotatable bonds is 5. The SMILES string of the molecule is COCc1c(Br)cccc1NCc1cc(C)ccc1F. The van der Waals surface area contributed by atoms with Crippen molar-refractivity contribution >= 4 is 21.6 Å². The molecule has 4 heteroatoms. The van der Waals surface area contributed by atoms with Crippen molar-refractivity contribution in [1.29, 1.82) is 0 Å². The summed E-state index contributed by atoms with van der Waals surface area (Å²) in [6, 6.07) is 11.0.